The average Bonchev–Trinajstić information content (AvgIpc) is 3.17. The molecular weight excluding hydrogens is 354 g/mol. The molecule has 6 heteroatoms. The molecule has 0 aromatic heterocycles. The van der Waals surface area contributed by atoms with E-state index >= 15 is 0 Å². The fourth-order valence-corrected chi connectivity index (χ4v) is 3.73. The lowest BCUT2D eigenvalue weighted by molar-refractivity contribution is -0.0550. The first-order valence-corrected chi connectivity index (χ1v) is 9.64. The summed E-state index contributed by atoms with van der Waals surface area (Å²) in [6, 6.07) is 17.8. The number of urea groups is 1. The Morgan fingerprint density at radius 3 is 2.54 bits per heavy atom. The number of hydrogen-bond acceptors (Lipinski definition) is 4. The van der Waals surface area contributed by atoms with Crippen LogP contribution < -0.4 is 10.1 Å². The monoisotopic (exact) mass is 379 g/mol. The molecule has 1 fully saturated rings. The molecule has 2 aromatic carbocycles. The number of piperidine rings is 1. The first-order valence-electron chi connectivity index (χ1n) is 9.64. The van der Waals surface area contributed by atoms with Crippen LogP contribution in [0.3, 0.4) is 0 Å². The number of hydrogen-bond donors (Lipinski definition) is 1. The van der Waals surface area contributed by atoms with Gasteiger partial charge in [0, 0.05) is 38.9 Å². The molecular formula is C22H25N3O3. The van der Waals surface area contributed by atoms with Crippen molar-refractivity contribution < 1.29 is 14.4 Å². The van der Waals surface area contributed by atoms with Crippen molar-refractivity contribution in [3.05, 3.63) is 65.7 Å². The number of methoxy groups -OCH3 is 1. The third kappa shape index (κ3) is 3.96. The third-order valence-electron chi connectivity index (χ3n) is 5.51. The van der Waals surface area contributed by atoms with Crippen molar-refractivity contribution in [2.24, 2.45) is 5.16 Å². The maximum absolute atomic E-state index is 12.5. The van der Waals surface area contributed by atoms with Crippen LogP contribution in [0.2, 0.25) is 0 Å². The summed E-state index contributed by atoms with van der Waals surface area (Å²) in [5.41, 5.74) is 2.89. The second-order valence-electron chi connectivity index (χ2n) is 7.35. The fourth-order valence-electron chi connectivity index (χ4n) is 3.73. The number of ether oxygens (including phenoxy) is 1. The standard InChI is InChI=1S/C22H25N3O3/c1-27-19-9-7-17(8-10-19)16-23-21(26)25-13-11-22(12-14-25)15-20(24-28-22)18-5-3-2-4-6-18/h2-10H,11-16H2,1H3,(H,23,26). The molecule has 0 aliphatic carbocycles. The average molecular weight is 379 g/mol. The number of nitrogens with zero attached hydrogens (tertiary/aromatic N) is 2. The number of amides is 2. The molecule has 2 aromatic rings. The molecule has 28 heavy (non-hydrogen) atoms. The second-order valence-corrected chi connectivity index (χ2v) is 7.35. The molecule has 2 amide bonds. The fraction of sp³-hybridized carbons (Fsp3) is 0.364. The van der Waals surface area contributed by atoms with Crippen molar-refractivity contribution in [2.45, 2.75) is 31.4 Å². The van der Waals surface area contributed by atoms with Gasteiger partial charge >= 0.3 is 6.03 Å². The minimum atomic E-state index is -0.266. The van der Waals surface area contributed by atoms with Gasteiger partial charge in [-0.1, -0.05) is 47.6 Å². The number of benzene rings is 2. The van der Waals surface area contributed by atoms with Gasteiger partial charge in [-0.05, 0) is 23.3 Å². The SMILES string of the molecule is COc1ccc(CNC(=O)N2CCC3(CC2)CC(c2ccccc2)=NO3)cc1. The molecule has 0 radical (unpaired) electrons. The molecule has 1 N–H and O–H groups in total. The molecule has 0 atom stereocenters. The van der Waals surface area contributed by atoms with Crippen LogP contribution in [0.15, 0.2) is 59.8 Å². The Hall–Kier alpha value is -3.02. The number of likely N-dealkylation sites (tertiary alicyclic amines) is 1. The van der Waals surface area contributed by atoms with Gasteiger partial charge in [-0.25, -0.2) is 4.79 Å². The lowest BCUT2D eigenvalue weighted by Gasteiger charge is -2.37. The van der Waals surface area contributed by atoms with Gasteiger partial charge in [0.25, 0.3) is 0 Å². The van der Waals surface area contributed by atoms with Crippen LogP contribution in [0, 0.1) is 0 Å². The zero-order chi connectivity index (χ0) is 19.4. The van der Waals surface area contributed by atoms with Crippen LogP contribution in [0.25, 0.3) is 0 Å². The first-order chi connectivity index (χ1) is 13.7. The quantitative estimate of drug-likeness (QED) is 0.883. The Kier molecular flexibility index (Phi) is 5.19. The van der Waals surface area contributed by atoms with Gasteiger partial charge in [0.15, 0.2) is 0 Å². The van der Waals surface area contributed by atoms with E-state index in [0.717, 1.165) is 41.9 Å². The van der Waals surface area contributed by atoms with Crippen LogP contribution in [0.4, 0.5) is 4.79 Å². The summed E-state index contributed by atoms with van der Waals surface area (Å²) < 4.78 is 5.15. The van der Waals surface area contributed by atoms with Crippen LogP contribution in [0.5, 0.6) is 5.75 Å². The minimum absolute atomic E-state index is 0.0344. The minimum Gasteiger partial charge on any atom is -0.497 e. The molecule has 4 rings (SSSR count). The van der Waals surface area contributed by atoms with Gasteiger partial charge in [0.05, 0.1) is 12.8 Å². The second kappa shape index (κ2) is 7.92. The van der Waals surface area contributed by atoms with E-state index in [9.17, 15) is 4.79 Å². The Bertz CT molecular complexity index is 841. The molecule has 0 unspecified atom stereocenters. The zero-order valence-electron chi connectivity index (χ0n) is 16.1. The van der Waals surface area contributed by atoms with Crippen LogP contribution in [0.1, 0.15) is 30.4 Å². The molecule has 2 heterocycles. The van der Waals surface area contributed by atoms with Crippen LogP contribution in [-0.4, -0.2) is 42.4 Å². The summed E-state index contributed by atoms with van der Waals surface area (Å²) in [6.07, 6.45) is 2.39. The summed E-state index contributed by atoms with van der Waals surface area (Å²) in [4.78, 5) is 20.2. The van der Waals surface area contributed by atoms with Gasteiger partial charge in [-0.2, -0.15) is 0 Å². The van der Waals surface area contributed by atoms with E-state index in [-0.39, 0.29) is 11.6 Å². The van der Waals surface area contributed by atoms with E-state index in [1.165, 1.54) is 0 Å². The van der Waals surface area contributed by atoms with E-state index < -0.39 is 0 Å². The van der Waals surface area contributed by atoms with E-state index in [1.54, 1.807) is 7.11 Å². The number of rotatable bonds is 4. The van der Waals surface area contributed by atoms with Crippen molar-refractivity contribution in [2.75, 3.05) is 20.2 Å². The normalized spacial score (nSPS) is 17.8. The van der Waals surface area contributed by atoms with Crippen LogP contribution >= 0.6 is 0 Å². The third-order valence-corrected chi connectivity index (χ3v) is 5.51. The van der Waals surface area contributed by atoms with E-state index in [0.29, 0.717) is 19.6 Å². The van der Waals surface area contributed by atoms with E-state index in [4.69, 9.17) is 9.57 Å². The predicted octanol–water partition coefficient (Wildman–Crippen LogP) is 3.56. The Labute approximate surface area is 165 Å². The molecule has 2 aliphatic heterocycles. The summed E-state index contributed by atoms with van der Waals surface area (Å²) >= 11 is 0. The summed E-state index contributed by atoms with van der Waals surface area (Å²) in [7, 11) is 1.64. The smallest absolute Gasteiger partial charge is 0.317 e. The molecule has 2 aliphatic rings. The number of carbonyl (C=O) groups excluding carboxylic acids is 1. The highest BCUT2D eigenvalue weighted by Gasteiger charge is 2.43. The van der Waals surface area contributed by atoms with Crippen molar-refractivity contribution in [3.8, 4) is 5.75 Å². The lowest BCUT2D eigenvalue weighted by atomic mass is 9.85. The van der Waals surface area contributed by atoms with Gasteiger partial charge in [0.1, 0.15) is 11.4 Å². The van der Waals surface area contributed by atoms with Crippen molar-refractivity contribution in [1.82, 2.24) is 10.2 Å². The summed E-state index contributed by atoms with van der Waals surface area (Å²) in [5.74, 6) is 0.810. The van der Waals surface area contributed by atoms with Crippen molar-refractivity contribution in [3.63, 3.8) is 0 Å². The molecule has 0 bridgehead atoms. The maximum atomic E-state index is 12.5. The van der Waals surface area contributed by atoms with Gasteiger partial charge in [-0.3, -0.25) is 0 Å². The topological polar surface area (TPSA) is 63.2 Å². The predicted molar refractivity (Wildman–Crippen MR) is 107 cm³/mol. The largest absolute Gasteiger partial charge is 0.497 e. The lowest BCUT2D eigenvalue weighted by Crippen LogP contribution is -2.49. The highest BCUT2D eigenvalue weighted by Crippen LogP contribution is 2.36. The van der Waals surface area contributed by atoms with Gasteiger partial charge in [0.2, 0.25) is 0 Å². The van der Waals surface area contributed by atoms with Gasteiger partial charge in [-0.15, -0.1) is 0 Å². The van der Waals surface area contributed by atoms with Crippen molar-refractivity contribution >= 4 is 11.7 Å². The zero-order valence-corrected chi connectivity index (χ0v) is 16.1. The van der Waals surface area contributed by atoms with Crippen LogP contribution in [-0.2, 0) is 11.4 Å². The highest BCUT2D eigenvalue weighted by molar-refractivity contribution is 6.01. The van der Waals surface area contributed by atoms with Gasteiger partial charge < -0.3 is 19.8 Å². The first kappa shape index (κ1) is 18.3. The number of carbonyl (C=O) groups is 1. The Balaban J connectivity index is 1.26. The number of oxime groups is 1. The maximum Gasteiger partial charge on any atom is 0.317 e. The highest BCUT2D eigenvalue weighted by atomic mass is 16.7. The van der Waals surface area contributed by atoms with Crippen molar-refractivity contribution in [1.29, 1.82) is 0 Å². The summed E-state index contributed by atoms with van der Waals surface area (Å²) in [5, 5.41) is 7.33. The Morgan fingerprint density at radius 1 is 1.14 bits per heavy atom. The number of nitrogens with one attached hydrogen (secondary N) is 1. The molecule has 6 nitrogen and oxygen atoms in total. The molecule has 146 valence electrons. The van der Waals surface area contributed by atoms with E-state index in [2.05, 4.69) is 22.6 Å². The van der Waals surface area contributed by atoms with E-state index in [1.807, 2.05) is 47.4 Å². The molecule has 1 saturated heterocycles. The molecule has 1 spiro atoms. The summed E-state index contributed by atoms with van der Waals surface area (Å²) in [6.45, 7) is 1.85. The molecule has 0 saturated carbocycles. The Morgan fingerprint density at radius 2 is 1.86 bits per heavy atom.